The van der Waals surface area contributed by atoms with Crippen molar-refractivity contribution in [3.8, 4) is 11.5 Å². The van der Waals surface area contributed by atoms with Crippen LogP contribution in [-0.2, 0) is 22.6 Å². The standard InChI is InChI=1S/C28H24BrClN2O4S/c1-3-17-9-11-20(12-10-17)32-27(34)21(26(33)31-28(32)37)13-19-14-24(35-4-2)25(15-22(19)29)36-16-18-7-5-6-8-23(18)30/h5-15H,3-4,16H2,1-2H3,(H,31,33,37)/b21-13+. The van der Waals surface area contributed by atoms with E-state index in [9.17, 15) is 9.59 Å². The number of halogens is 2. The monoisotopic (exact) mass is 598 g/mol. The number of nitrogens with one attached hydrogen (secondary N) is 1. The molecule has 1 saturated heterocycles. The van der Waals surface area contributed by atoms with E-state index in [-0.39, 0.29) is 17.3 Å². The molecule has 0 saturated carbocycles. The van der Waals surface area contributed by atoms with E-state index in [4.69, 9.17) is 33.3 Å². The summed E-state index contributed by atoms with van der Waals surface area (Å²) in [5.41, 5.74) is 3.06. The van der Waals surface area contributed by atoms with Gasteiger partial charge in [-0.3, -0.25) is 19.8 Å². The fourth-order valence-electron chi connectivity index (χ4n) is 3.74. The molecule has 0 radical (unpaired) electrons. The van der Waals surface area contributed by atoms with Gasteiger partial charge in [0.15, 0.2) is 16.6 Å². The SMILES string of the molecule is CCOc1cc(/C=C2\C(=O)NC(=S)N(c3ccc(CC)cc3)C2=O)c(Br)cc1OCc1ccccc1Cl. The second-order valence-electron chi connectivity index (χ2n) is 8.11. The van der Waals surface area contributed by atoms with Crippen molar-refractivity contribution in [1.82, 2.24) is 5.32 Å². The topological polar surface area (TPSA) is 67.9 Å². The van der Waals surface area contributed by atoms with Crippen molar-refractivity contribution in [3.63, 3.8) is 0 Å². The van der Waals surface area contributed by atoms with Crippen molar-refractivity contribution >= 4 is 68.4 Å². The molecule has 2 amide bonds. The summed E-state index contributed by atoms with van der Waals surface area (Å²) >= 11 is 15.1. The van der Waals surface area contributed by atoms with E-state index in [1.54, 1.807) is 18.2 Å². The van der Waals surface area contributed by atoms with Crippen molar-refractivity contribution in [1.29, 1.82) is 0 Å². The predicted octanol–water partition coefficient (Wildman–Crippen LogP) is 6.47. The van der Waals surface area contributed by atoms with Crippen LogP contribution in [0.2, 0.25) is 5.02 Å². The van der Waals surface area contributed by atoms with Crippen LogP contribution in [0.5, 0.6) is 11.5 Å². The fraction of sp³-hybridized carbons (Fsp3) is 0.179. The van der Waals surface area contributed by atoms with Crippen molar-refractivity contribution < 1.29 is 19.1 Å². The number of rotatable bonds is 8. The number of ether oxygens (including phenoxy) is 2. The molecule has 0 aromatic heterocycles. The first kappa shape index (κ1) is 26.9. The van der Waals surface area contributed by atoms with Crippen LogP contribution in [-0.4, -0.2) is 23.5 Å². The molecule has 1 N–H and O–H groups in total. The molecule has 0 spiro atoms. The maximum atomic E-state index is 13.4. The van der Waals surface area contributed by atoms with E-state index < -0.39 is 11.8 Å². The Bertz CT molecular complexity index is 1390. The summed E-state index contributed by atoms with van der Waals surface area (Å²) in [5.74, 6) is -0.118. The molecule has 4 rings (SSSR count). The summed E-state index contributed by atoms with van der Waals surface area (Å²) in [6, 6.07) is 18.4. The zero-order valence-electron chi connectivity index (χ0n) is 20.2. The number of carbonyl (C=O) groups excluding carboxylic acids is 2. The Morgan fingerprint density at radius 3 is 2.41 bits per heavy atom. The van der Waals surface area contributed by atoms with Gasteiger partial charge in [-0.2, -0.15) is 0 Å². The zero-order valence-corrected chi connectivity index (χ0v) is 23.4. The first-order chi connectivity index (χ1) is 17.8. The molecule has 3 aromatic rings. The Labute approximate surface area is 234 Å². The Hall–Kier alpha value is -3.20. The van der Waals surface area contributed by atoms with Gasteiger partial charge in [0.2, 0.25) is 0 Å². The minimum Gasteiger partial charge on any atom is -0.490 e. The number of aryl methyl sites for hydroxylation is 1. The van der Waals surface area contributed by atoms with Crippen LogP contribution >= 0.6 is 39.7 Å². The Balaban J connectivity index is 1.66. The molecule has 6 nitrogen and oxygen atoms in total. The minimum atomic E-state index is -0.569. The third-order valence-electron chi connectivity index (χ3n) is 5.71. The maximum Gasteiger partial charge on any atom is 0.270 e. The predicted molar refractivity (Wildman–Crippen MR) is 153 cm³/mol. The highest BCUT2D eigenvalue weighted by Gasteiger charge is 2.34. The lowest BCUT2D eigenvalue weighted by Crippen LogP contribution is -2.54. The summed E-state index contributed by atoms with van der Waals surface area (Å²) in [5, 5.41) is 3.26. The zero-order chi connectivity index (χ0) is 26.5. The third kappa shape index (κ3) is 6.04. The van der Waals surface area contributed by atoms with E-state index >= 15 is 0 Å². The Morgan fingerprint density at radius 1 is 1.03 bits per heavy atom. The normalized spacial score (nSPS) is 14.6. The largest absolute Gasteiger partial charge is 0.490 e. The van der Waals surface area contributed by atoms with Crippen LogP contribution in [0, 0.1) is 0 Å². The van der Waals surface area contributed by atoms with Gasteiger partial charge < -0.3 is 9.47 Å². The van der Waals surface area contributed by atoms with E-state index in [0.717, 1.165) is 17.5 Å². The van der Waals surface area contributed by atoms with E-state index in [2.05, 4.69) is 21.2 Å². The molecule has 0 atom stereocenters. The van der Waals surface area contributed by atoms with Crippen molar-refractivity contribution in [2.24, 2.45) is 0 Å². The highest BCUT2D eigenvalue weighted by Crippen LogP contribution is 2.36. The summed E-state index contributed by atoms with van der Waals surface area (Å²) < 4.78 is 12.4. The molecular formula is C28H24BrClN2O4S. The van der Waals surface area contributed by atoms with Gasteiger partial charge in [-0.15, -0.1) is 0 Å². The van der Waals surface area contributed by atoms with Gasteiger partial charge in [0.1, 0.15) is 12.2 Å². The maximum absolute atomic E-state index is 13.4. The average molecular weight is 600 g/mol. The quantitative estimate of drug-likeness (QED) is 0.183. The first-order valence-electron chi connectivity index (χ1n) is 11.6. The van der Waals surface area contributed by atoms with Crippen LogP contribution < -0.4 is 19.7 Å². The Morgan fingerprint density at radius 2 is 1.73 bits per heavy atom. The number of benzene rings is 3. The van der Waals surface area contributed by atoms with Gasteiger partial charge in [-0.05, 0) is 73.1 Å². The second kappa shape index (κ2) is 11.9. The minimum absolute atomic E-state index is 0.0359. The molecule has 1 aliphatic heterocycles. The van der Waals surface area contributed by atoms with Gasteiger partial charge in [0.25, 0.3) is 11.8 Å². The van der Waals surface area contributed by atoms with Crippen LogP contribution in [0.25, 0.3) is 6.08 Å². The van der Waals surface area contributed by atoms with Crippen LogP contribution in [0.4, 0.5) is 5.69 Å². The molecule has 1 aliphatic rings. The second-order valence-corrected chi connectivity index (χ2v) is 9.76. The highest BCUT2D eigenvalue weighted by molar-refractivity contribution is 9.10. The van der Waals surface area contributed by atoms with Gasteiger partial charge >= 0.3 is 0 Å². The van der Waals surface area contributed by atoms with Crippen molar-refractivity contribution in [2.75, 3.05) is 11.5 Å². The number of thiocarbonyl (C=S) groups is 1. The van der Waals surface area contributed by atoms with Gasteiger partial charge in [0.05, 0.1) is 12.3 Å². The van der Waals surface area contributed by atoms with Crippen molar-refractivity contribution in [3.05, 3.63) is 92.4 Å². The molecule has 37 heavy (non-hydrogen) atoms. The van der Waals surface area contributed by atoms with Crippen LogP contribution in [0.3, 0.4) is 0 Å². The summed E-state index contributed by atoms with van der Waals surface area (Å²) in [6.07, 6.45) is 2.38. The smallest absolute Gasteiger partial charge is 0.270 e. The fourth-order valence-corrected chi connectivity index (χ4v) is 4.65. The lowest BCUT2D eigenvalue weighted by molar-refractivity contribution is -0.122. The summed E-state index contributed by atoms with van der Waals surface area (Å²) in [6.45, 7) is 4.55. The number of hydrogen-bond acceptors (Lipinski definition) is 5. The van der Waals surface area contributed by atoms with Gasteiger partial charge in [-0.25, -0.2) is 0 Å². The van der Waals surface area contributed by atoms with E-state index in [0.29, 0.717) is 38.9 Å². The lowest BCUT2D eigenvalue weighted by Gasteiger charge is -2.29. The first-order valence-corrected chi connectivity index (χ1v) is 13.2. The molecular weight excluding hydrogens is 576 g/mol. The highest BCUT2D eigenvalue weighted by atomic mass is 79.9. The molecule has 9 heteroatoms. The number of nitrogens with zero attached hydrogens (tertiary/aromatic N) is 1. The molecule has 0 bridgehead atoms. The number of hydrogen-bond donors (Lipinski definition) is 1. The average Bonchev–Trinajstić information content (AvgIpc) is 2.88. The summed E-state index contributed by atoms with van der Waals surface area (Å²) in [4.78, 5) is 27.5. The number of anilines is 1. The Kier molecular flexibility index (Phi) is 8.63. The molecule has 3 aromatic carbocycles. The third-order valence-corrected chi connectivity index (χ3v) is 7.05. The summed E-state index contributed by atoms with van der Waals surface area (Å²) in [7, 11) is 0. The molecule has 1 heterocycles. The van der Waals surface area contributed by atoms with Gasteiger partial charge in [0, 0.05) is 15.1 Å². The van der Waals surface area contributed by atoms with E-state index in [1.165, 1.54) is 11.0 Å². The van der Waals surface area contributed by atoms with Crippen molar-refractivity contribution in [2.45, 2.75) is 26.9 Å². The number of amides is 2. The molecule has 0 aliphatic carbocycles. The van der Waals surface area contributed by atoms with Crippen LogP contribution in [0.15, 0.2) is 70.7 Å². The van der Waals surface area contributed by atoms with Gasteiger partial charge in [-0.1, -0.05) is 64.8 Å². The molecule has 1 fully saturated rings. The lowest BCUT2D eigenvalue weighted by atomic mass is 10.1. The molecule has 190 valence electrons. The molecule has 0 unspecified atom stereocenters. The van der Waals surface area contributed by atoms with E-state index in [1.807, 2.05) is 56.3 Å². The number of carbonyl (C=O) groups is 2. The van der Waals surface area contributed by atoms with Crippen LogP contribution in [0.1, 0.15) is 30.5 Å².